The lowest BCUT2D eigenvalue weighted by Crippen LogP contribution is -2.08. The summed E-state index contributed by atoms with van der Waals surface area (Å²) in [5.41, 5.74) is 4.79. The summed E-state index contributed by atoms with van der Waals surface area (Å²) in [5.74, 6) is -0.214. The molecule has 0 aliphatic carbocycles. The molecule has 2 heterocycles. The van der Waals surface area contributed by atoms with Gasteiger partial charge in [-0.15, -0.1) is 0 Å². The second-order valence-corrected chi connectivity index (χ2v) is 6.91. The quantitative estimate of drug-likeness (QED) is 0.443. The van der Waals surface area contributed by atoms with Gasteiger partial charge in [-0.05, 0) is 51.3 Å². The minimum Gasteiger partial charge on any atom is -0.333 e. The topological polar surface area (TPSA) is 57.8 Å². The molecule has 0 aliphatic heterocycles. The number of carbonyl (C=O) groups is 1. The zero-order chi connectivity index (χ0) is 16.4. The number of H-pyrrole nitrogens is 1. The predicted molar refractivity (Wildman–Crippen MR) is 105 cm³/mol. The van der Waals surface area contributed by atoms with Crippen LogP contribution in [0.2, 0.25) is 0 Å². The summed E-state index contributed by atoms with van der Waals surface area (Å²) in [4.78, 5) is 19.3. The van der Waals surface area contributed by atoms with Gasteiger partial charge < -0.3 is 10.3 Å². The summed E-state index contributed by atoms with van der Waals surface area (Å²) in [6, 6.07) is 10.0. The number of benzene rings is 1. The number of aryl methyl sites for hydroxylation is 1. The molecule has 0 fully saturated rings. The molecule has 0 spiro atoms. The Morgan fingerprint density at radius 2 is 2.26 bits per heavy atom. The third-order valence-electron chi connectivity index (χ3n) is 3.58. The van der Waals surface area contributed by atoms with Gasteiger partial charge in [0.15, 0.2) is 0 Å². The van der Waals surface area contributed by atoms with Crippen molar-refractivity contribution in [3.63, 3.8) is 0 Å². The van der Waals surface area contributed by atoms with Gasteiger partial charge in [0.1, 0.15) is 5.65 Å². The van der Waals surface area contributed by atoms with Crippen LogP contribution in [0.25, 0.3) is 22.2 Å². The Labute approximate surface area is 150 Å². The molecule has 6 heteroatoms. The number of anilines is 1. The zero-order valence-corrected chi connectivity index (χ0v) is 15.4. The second-order valence-electron chi connectivity index (χ2n) is 5.03. The third-order valence-corrected chi connectivity index (χ3v) is 5.36. The maximum Gasteiger partial charge on any atom is 0.247 e. The van der Waals surface area contributed by atoms with Crippen LogP contribution in [0.1, 0.15) is 5.56 Å². The Balaban J connectivity index is 2.17. The molecule has 0 saturated carbocycles. The highest BCUT2D eigenvalue weighted by Gasteiger charge is 2.15. The Bertz CT molecular complexity index is 904. The number of aromatic amines is 1. The second kappa shape index (κ2) is 6.76. The maximum absolute atomic E-state index is 11.6. The number of amides is 1. The van der Waals surface area contributed by atoms with E-state index >= 15 is 0 Å². The highest BCUT2D eigenvalue weighted by Crippen LogP contribution is 2.40. The summed E-state index contributed by atoms with van der Waals surface area (Å²) in [7, 11) is 1.62. The molecule has 3 aromatic rings. The summed E-state index contributed by atoms with van der Waals surface area (Å²) < 4.78 is 0. The van der Waals surface area contributed by atoms with Crippen LogP contribution in [0.5, 0.6) is 0 Å². The first-order valence-corrected chi connectivity index (χ1v) is 10.3. The molecular weight excluding hydrogens is 421 g/mol. The van der Waals surface area contributed by atoms with E-state index < -0.39 is 0 Å². The third kappa shape index (κ3) is 3.13. The van der Waals surface area contributed by atoms with Crippen LogP contribution in [-0.4, -0.2) is 15.9 Å². The van der Waals surface area contributed by atoms with E-state index in [-0.39, 0.29) is 5.91 Å². The highest BCUT2D eigenvalue weighted by atomic mass is 127. The van der Waals surface area contributed by atoms with E-state index in [0.717, 1.165) is 38.4 Å². The molecular formula is C17H14IN3OS. The summed E-state index contributed by atoms with van der Waals surface area (Å²) in [5, 5.41) is 4.97. The molecule has 0 unspecified atom stereocenters. The summed E-state index contributed by atoms with van der Waals surface area (Å²) in [6.07, 6.45) is 3.04. The van der Waals surface area contributed by atoms with Gasteiger partial charge in [-0.2, -0.15) is 0 Å². The Kier molecular flexibility index (Phi) is 4.72. The summed E-state index contributed by atoms with van der Waals surface area (Å²) in [6.45, 7) is 5.46. The molecule has 3 rings (SSSR count). The van der Waals surface area contributed by atoms with E-state index in [1.807, 2.05) is 31.2 Å². The molecule has 0 atom stereocenters. The number of fused-ring (bicyclic) bond motifs is 1. The lowest BCUT2D eigenvalue weighted by Gasteiger charge is -2.10. The van der Waals surface area contributed by atoms with E-state index in [4.69, 9.17) is 0 Å². The van der Waals surface area contributed by atoms with Crippen LogP contribution >= 0.6 is 30.1 Å². The van der Waals surface area contributed by atoms with E-state index in [1.165, 1.54) is 6.08 Å². The molecule has 2 aromatic heterocycles. The monoisotopic (exact) mass is 435 g/mol. The number of carbonyl (C=O) groups excluding carboxylic acids is 1. The van der Waals surface area contributed by atoms with E-state index in [0.29, 0.717) is 0 Å². The number of pyridine rings is 1. The van der Waals surface area contributed by atoms with Gasteiger partial charge in [0, 0.05) is 44.0 Å². The molecule has 23 heavy (non-hydrogen) atoms. The van der Waals surface area contributed by atoms with Gasteiger partial charge in [-0.1, -0.05) is 18.7 Å². The van der Waals surface area contributed by atoms with Crippen molar-refractivity contribution in [3.05, 3.63) is 54.7 Å². The van der Waals surface area contributed by atoms with Crippen molar-refractivity contribution < 1.29 is 4.79 Å². The average Bonchev–Trinajstić information content (AvgIpc) is 2.95. The first-order chi connectivity index (χ1) is 11.1. The van der Waals surface area contributed by atoms with E-state index in [2.05, 4.69) is 49.1 Å². The van der Waals surface area contributed by atoms with Gasteiger partial charge in [0.2, 0.25) is 5.91 Å². The van der Waals surface area contributed by atoms with Crippen LogP contribution in [0.15, 0.2) is 54.2 Å². The predicted octanol–water partition coefficient (Wildman–Crippen LogP) is 5.10. The first-order valence-electron chi connectivity index (χ1n) is 6.93. The molecule has 0 radical (unpaired) electrons. The van der Waals surface area contributed by atoms with Gasteiger partial charge in [0.05, 0.1) is 5.03 Å². The molecule has 0 saturated heterocycles. The standard InChI is InChI=1S/C17H14IN3OS/c1-3-14(22)20-13-9-11(7-6-10(13)2)15-12-5-4-8-19-16(12)21-17(15)23-18/h3-9H,1H2,2H3,(H,19,21)(H,20,22). The number of nitrogens with one attached hydrogen (secondary N) is 2. The number of hydrogen-bond donors (Lipinski definition) is 2. The normalized spacial score (nSPS) is 10.7. The van der Waals surface area contributed by atoms with Gasteiger partial charge in [-0.3, -0.25) is 4.79 Å². The smallest absolute Gasteiger partial charge is 0.247 e. The first kappa shape index (κ1) is 16.1. The molecule has 1 aromatic carbocycles. The lowest BCUT2D eigenvalue weighted by molar-refractivity contribution is -0.111. The van der Waals surface area contributed by atoms with Crippen molar-refractivity contribution >= 4 is 52.8 Å². The molecule has 116 valence electrons. The van der Waals surface area contributed by atoms with Crippen molar-refractivity contribution in [2.45, 2.75) is 11.9 Å². The van der Waals surface area contributed by atoms with Crippen molar-refractivity contribution in [2.75, 3.05) is 5.32 Å². The minimum atomic E-state index is -0.214. The van der Waals surface area contributed by atoms with Crippen molar-refractivity contribution in [1.82, 2.24) is 9.97 Å². The van der Waals surface area contributed by atoms with Crippen molar-refractivity contribution in [2.24, 2.45) is 0 Å². The van der Waals surface area contributed by atoms with Gasteiger partial charge in [0.25, 0.3) is 0 Å². The average molecular weight is 435 g/mol. The van der Waals surface area contributed by atoms with E-state index in [9.17, 15) is 4.79 Å². The largest absolute Gasteiger partial charge is 0.333 e. The number of nitrogens with zero attached hydrogens (tertiary/aromatic N) is 1. The van der Waals surface area contributed by atoms with E-state index in [1.54, 1.807) is 15.1 Å². The molecule has 4 nitrogen and oxygen atoms in total. The molecule has 0 bridgehead atoms. The number of halogens is 1. The lowest BCUT2D eigenvalue weighted by atomic mass is 10.0. The summed E-state index contributed by atoms with van der Waals surface area (Å²) >= 11 is 2.26. The number of rotatable bonds is 4. The Hall–Kier alpha value is -1.80. The van der Waals surface area contributed by atoms with Gasteiger partial charge >= 0.3 is 0 Å². The molecule has 0 aliphatic rings. The molecule has 2 N–H and O–H groups in total. The maximum atomic E-state index is 11.6. The Morgan fingerprint density at radius 1 is 1.43 bits per heavy atom. The van der Waals surface area contributed by atoms with Crippen LogP contribution in [0.4, 0.5) is 5.69 Å². The highest BCUT2D eigenvalue weighted by molar-refractivity contribution is 14.2. The van der Waals surface area contributed by atoms with Crippen molar-refractivity contribution in [1.29, 1.82) is 0 Å². The molecule has 1 amide bonds. The number of hydrogen-bond acceptors (Lipinski definition) is 3. The minimum absolute atomic E-state index is 0.214. The SMILES string of the molecule is C=CC(=O)Nc1cc(-c2c(SI)[nH]c3ncccc23)ccc1C. The van der Waals surface area contributed by atoms with Crippen LogP contribution in [0.3, 0.4) is 0 Å². The fraction of sp³-hybridized carbons (Fsp3) is 0.0588. The van der Waals surface area contributed by atoms with Crippen molar-refractivity contribution in [3.8, 4) is 11.1 Å². The van der Waals surface area contributed by atoms with Gasteiger partial charge in [-0.25, -0.2) is 4.98 Å². The number of aromatic nitrogens is 2. The van der Waals surface area contributed by atoms with Crippen LogP contribution in [-0.2, 0) is 4.79 Å². The fourth-order valence-electron chi connectivity index (χ4n) is 2.44. The zero-order valence-electron chi connectivity index (χ0n) is 12.4. The Morgan fingerprint density at radius 3 is 3.00 bits per heavy atom. The fourth-order valence-corrected chi connectivity index (χ4v) is 3.87. The van der Waals surface area contributed by atoms with Crippen LogP contribution < -0.4 is 5.32 Å². The van der Waals surface area contributed by atoms with Crippen LogP contribution in [0, 0.1) is 6.92 Å².